The van der Waals surface area contributed by atoms with Gasteiger partial charge in [-0.15, -0.1) is 0 Å². The Morgan fingerprint density at radius 2 is 2.06 bits per heavy atom. The van der Waals surface area contributed by atoms with E-state index in [0.717, 1.165) is 5.56 Å². The third-order valence-electron chi connectivity index (χ3n) is 2.63. The molecule has 7 heteroatoms. The van der Waals surface area contributed by atoms with Crippen LogP contribution in [0.15, 0.2) is 17.0 Å². The van der Waals surface area contributed by atoms with Crippen molar-refractivity contribution in [2.45, 2.75) is 24.7 Å². The fourth-order valence-electron chi connectivity index (χ4n) is 1.70. The number of hydrogen-bond donors (Lipinski definition) is 1. The van der Waals surface area contributed by atoms with Crippen molar-refractivity contribution in [1.82, 2.24) is 0 Å². The van der Waals surface area contributed by atoms with Crippen LogP contribution in [0.5, 0.6) is 5.75 Å². The lowest BCUT2D eigenvalue weighted by Gasteiger charge is -2.21. The quantitative estimate of drug-likeness (QED) is 0.846. The number of rotatable bonds is 2. The molecule has 0 spiro atoms. The molecule has 98 valence electrons. The van der Waals surface area contributed by atoms with Crippen LogP contribution < -0.4 is 10.1 Å². The third kappa shape index (κ3) is 2.44. The van der Waals surface area contributed by atoms with Crippen molar-refractivity contribution in [1.29, 1.82) is 0 Å². The highest BCUT2D eigenvalue weighted by atomic mass is 35.7. The van der Waals surface area contributed by atoms with Crippen molar-refractivity contribution < 1.29 is 17.9 Å². The lowest BCUT2D eigenvalue weighted by Crippen LogP contribution is -2.26. The minimum Gasteiger partial charge on any atom is -0.480 e. The van der Waals surface area contributed by atoms with E-state index >= 15 is 0 Å². The summed E-state index contributed by atoms with van der Waals surface area (Å²) in [7, 11) is 1.47. The number of amides is 1. The van der Waals surface area contributed by atoms with E-state index in [1.807, 2.05) is 13.8 Å². The molecule has 0 fully saturated rings. The minimum atomic E-state index is -3.92. The van der Waals surface area contributed by atoms with E-state index in [1.54, 1.807) is 6.07 Å². The van der Waals surface area contributed by atoms with Crippen molar-refractivity contribution >= 4 is 31.3 Å². The maximum Gasteiger partial charge on any atom is 0.265 e. The lowest BCUT2D eigenvalue weighted by molar-refractivity contribution is -0.118. The van der Waals surface area contributed by atoms with Gasteiger partial charge in [-0.05, 0) is 23.6 Å². The average Bonchev–Trinajstić information content (AvgIpc) is 2.25. The number of carbonyl (C=O) groups excluding carboxylic acids is 1. The van der Waals surface area contributed by atoms with Crippen LogP contribution in [-0.2, 0) is 13.8 Å². The molecule has 0 unspecified atom stereocenters. The molecule has 0 atom stereocenters. The number of fused-ring (bicyclic) bond motifs is 1. The summed E-state index contributed by atoms with van der Waals surface area (Å²) in [6, 6.07) is 3.17. The Labute approximate surface area is 110 Å². The van der Waals surface area contributed by atoms with Gasteiger partial charge in [-0.1, -0.05) is 13.8 Å². The molecule has 5 nitrogen and oxygen atoms in total. The summed E-state index contributed by atoms with van der Waals surface area (Å²) >= 11 is 0. The molecule has 1 aromatic carbocycles. The Morgan fingerprint density at radius 1 is 1.39 bits per heavy atom. The van der Waals surface area contributed by atoms with Crippen LogP contribution in [0.3, 0.4) is 0 Å². The molecule has 0 saturated carbocycles. The van der Waals surface area contributed by atoms with Gasteiger partial charge in [0.15, 0.2) is 12.4 Å². The first-order valence-electron chi connectivity index (χ1n) is 5.34. The summed E-state index contributed by atoms with van der Waals surface area (Å²) in [5.74, 6) is -0.110. The molecule has 1 aliphatic rings. The molecule has 1 amide bonds. The monoisotopic (exact) mass is 289 g/mol. The summed E-state index contributed by atoms with van der Waals surface area (Å²) in [5.41, 5.74) is 1.11. The van der Waals surface area contributed by atoms with Crippen molar-refractivity contribution in [3.8, 4) is 5.75 Å². The number of hydrogen-bond acceptors (Lipinski definition) is 4. The molecule has 2 rings (SSSR count). The maximum atomic E-state index is 11.5. The fourth-order valence-corrected chi connectivity index (χ4v) is 2.71. The molecular weight excluding hydrogens is 278 g/mol. The molecule has 0 aromatic heterocycles. The maximum absolute atomic E-state index is 11.5. The number of carbonyl (C=O) groups is 1. The summed E-state index contributed by atoms with van der Waals surface area (Å²) in [5, 5.41) is 2.58. The van der Waals surface area contributed by atoms with Crippen molar-refractivity contribution in [2.24, 2.45) is 0 Å². The smallest absolute Gasteiger partial charge is 0.265 e. The second-order valence-electron chi connectivity index (χ2n) is 4.33. The lowest BCUT2D eigenvalue weighted by atomic mass is 10.0. The van der Waals surface area contributed by atoms with Crippen LogP contribution in [0.2, 0.25) is 0 Å². The van der Waals surface area contributed by atoms with Gasteiger partial charge in [0.2, 0.25) is 0 Å². The Bertz CT molecular complexity index is 610. The van der Waals surface area contributed by atoms with E-state index in [4.69, 9.17) is 15.4 Å². The van der Waals surface area contributed by atoms with Crippen LogP contribution in [-0.4, -0.2) is 20.9 Å². The summed E-state index contributed by atoms with van der Waals surface area (Å²) in [4.78, 5) is 11.1. The summed E-state index contributed by atoms with van der Waals surface area (Å²) < 4.78 is 28.2. The van der Waals surface area contributed by atoms with E-state index in [9.17, 15) is 13.2 Å². The zero-order chi connectivity index (χ0) is 13.5. The second kappa shape index (κ2) is 4.44. The number of ether oxygens (including phenoxy) is 1. The molecule has 1 aromatic rings. The molecule has 18 heavy (non-hydrogen) atoms. The minimum absolute atomic E-state index is 0.103. The zero-order valence-corrected chi connectivity index (χ0v) is 11.4. The summed E-state index contributed by atoms with van der Waals surface area (Å²) in [6.45, 7) is 3.61. The number of anilines is 1. The van der Waals surface area contributed by atoms with Crippen LogP contribution in [0.1, 0.15) is 25.3 Å². The van der Waals surface area contributed by atoms with Crippen molar-refractivity contribution in [3.05, 3.63) is 17.7 Å². The molecular formula is C11H12ClNO4S. The second-order valence-corrected chi connectivity index (χ2v) is 6.86. The first-order valence-corrected chi connectivity index (χ1v) is 7.65. The number of halogens is 1. The molecule has 1 aliphatic heterocycles. The van der Waals surface area contributed by atoms with Gasteiger partial charge in [0.05, 0.1) is 5.69 Å². The van der Waals surface area contributed by atoms with Gasteiger partial charge in [-0.3, -0.25) is 4.79 Å². The van der Waals surface area contributed by atoms with Gasteiger partial charge in [0, 0.05) is 10.7 Å². The molecule has 0 radical (unpaired) electrons. The molecule has 0 bridgehead atoms. The van der Waals surface area contributed by atoms with Crippen LogP contribution >= 0.6 is 10.7 Å². The fraction of sp³-hybridized carbons (Fsp3) is 0.364. The number of benzene rings is 1. The standard InChI is InChI=1S/C11H12ClNO4S/c1-6(2)7-3-8-11(17-5-10(14)13-8)9(4-7)18(12,15)16/h3-4,6H,5H2,1-2H3,(H,13,14). The van der Waals surface area contributed by atoms with Gasteiger partial charge in [-0.25, -0.2) is 8.42 Å². The molecule has 1 N–H and O–H groups in total. The Kier molecular flexibility index (Phi) is 3.25. The van der Waals surface area contributed by atoms with E-state index in [-0.39, 0.29) is 29.1 Å². The Hall–Kier alpha value is -1.27. The predicted molar refractivity (Wildman–Crippen MR) is 67.7 cm³/mol. The first-order chi connectivity index (χ1) is 8.29. The normalized spacial score (nSPS) is 15.0. The van der Waals surface area contributed by atoms with Gasteiger partial charge in [0.1, 0.15) is 4.90 Å². The highest BCUT2D eigenvalue weighted by Gasteiger charge is 2.26. The zero-order valence-electron chi connectivity index (χ0n) is 9.86. The van der Waals surface area contributed by atoms with Crippen molar-refractivity contribution in [2.75, 3.05) is 11.9 Å². The Balaban J connectivity index is 2.69. The largest absolute Gasteiger partial charge is 0.480 e. The van der Waals surface area contributed by atoms with E-state index in [0.29, 0.717) is 5.69 Å². The first kappa shape index (κ1) is 13.2. The summed E-state index contributed by atoms with van der Waals surface area (Å²) in [6.07, 6.45) is 0. The Morgan fingerprint density at radius 3 is 2.61 bits per heavy atom. The van der Waals surface area contributed by atoms with Gasteiger partial charge in [0.25, 0.3) is 15.0 Å². The highest BCUT2D eigenvalue weighted by molar-refractivity contribution is 8.13. The van der Waals surface area contributed by atoms with Crippen LogP contribution in [0.25, 0.3) is 0 Å². The van der Waals surface area contributed by atoms with Gasteiger partial charge >= 0.3 is 0 Å². The van der Waals surface area contributed by atoms with Crippen molar-refractivity contribution in [3.63, 3.8) is 0 Å². The molecule has 0 aliphatic carbocycles. The highest BCUT2D eigenvalue weighted by Crippen LogP contribution is 2.39. The molecule has 1 heterocycles. The average molecular weight is 290 g/mol. The third-order valence-corrected chi connectivity index (χ3v) is 3.96. The van der Waals surface area contributed by atoms with Crippen LogP contribution in [0, 0.1) is 0 Å². The SMILES string of the molecule is CC(C)c1cc2c(c(S(=O)(=O)Cl)c1)OCC(=O)N2. The van der Waals surface area contributed by atoms with Gasteiger partial charge < -0.3 is 10.1 Å². The van der Waals surface area contributed by atoms with E-state index < -0.39 is 9.05 Å². The predicted octanol–water partition coefficient (Wildman–Crippen LogP) is 2.07. The molecule has 0 saturated heterocycles. The van der Waals surface area contributed by atoms with E-state index in [1.165, 1.54) is 6.07 Å². The topological polar surface area (TPSA) is 72.5 Å². The number of nitrogens with one attached hydrogen (secondary N) is 1. The van der Waals surface area contributed by atoms with Gasteiger partial charge in [-0.2, -0.15) is 0 Å². The van der Waals surface area contributed by atoms with E-state index in [2.05, 4.69) is 5.32 Å². The van der Waals surface area contributed by atoms with Crippen LogP contribution in [0.4, 0.5) is 5.69 Å².